The van der Waals surface area contributed by atoms with Gasteiger partial charge < -0.3 is 11.5 Å². The van der Waals surface area contributed by atoms with Gasteiger partial charge in [-0.05, 0) is 72.8 Å². The van der Waals surface area contributed by atoms with Crippen LogP contribution in [0, 0.1) is 0 Å². The van der Waals surface area contributed by atoms with Crippen LogP contribution in [0.15, 0.2) is 152 Å². The van der Waals surface area contributed by atoms with E-state index in [1.54, 1.807) is 0 Å². The lowest BCUT2D eigenvalue weighted by Crippen LogP contribution is -1.86. The Hall–Kier alpha value is -5.76. The van der Waals surface area contributed by atoms with Gasteiger partial charge in [-0.15, -0.1) is 10.2 Å². The van der Waals surface area contributed by atoms with Crippen LogP contribution >= 0.6 is 0 Å². The maximum Gasteiger partial charge on any atom is 0.0936 e. The number of fused-ring (bicyclic) bond motifs is 2. The Morgan fingerprint density at radius 2 is 0.600 bits per heavy atom. The molecule has 0 bridgehead atoms. The molecule has 8 heteroatoms. The van der Waals surface area contributed by atoms with Crippen LogP contribution in [0.1, 0.15) is 0 Å². The average molecular weight is 521 g/mol. The molecule has 0 saturated carbocycles. The van der Waals surface area contributed by atoms with Crippen LogP contribution in [0.5, 0.6) is 0 Å². The lowest BCUT2D eigenvalue weighted by Gasteiger charge is -2.04. The second-order valence-corrected chi connectivity index (χ2v) is 9.07. The second-order valence-electron chi connectivity index (χ2n) is 9.07. The summed E-state index contributed by atoms with van der Waals surface area (Å²) in [7, 11) is 0. The molecule has 192 valence electrons. The van der Waals surface area contributed by atoms with Crippen LogP contribution in [0.25, 0.3) is 21.5 Å². The van der Waals surface area contributed by atoms with Gasteiger partial charge in [0.05, 0.1) is 34.1 Å². The van der Waals surface area contributed by atoms with Crippen LogP contribution in [0.4, 0.5) is 45.5 Å². The smallest absolute Gasteiger partial charge is 0.0936 e. The summed E-state index contributed by atoms with van der Waals surface area (Å²) in [6.45, 7) is 0. The minimum atomic E-state index is 0.705. The molecule has 0 aliphatic rings. The molecule has 6 rings (SSSR count). The van der Waals surface area contributed by atoms with Crippen molar-refractivity contribution in [3.05, 3.63) is 121 Å². The highest BCUT2D eigenvalue weighted by atomic mass is 15.1. The van der Waals surface area contributed by atoms with Gasteiger partial charge in [-0.1, -0.05) is 48.5 Å². The van der Waals surface area contributed by atoms with Crippen molar-refractivity contribution in [1.29, 1.82) is 0 Å². The summed E-state index contributed by atoms with van der Waals surface area (Å²) < 4.78 is 0. The third kappa shape index (κ3) is 5.27. The Kier molecular flexibility index (Phi) is 6.71. The van der Waals surface area contributed by atoms with E-state index < -0.39 is 0 Å². The van der Waals surface area contributed by atoms with E-state index >= 15 is 0 Å². The largest absolute Gasteiger partial charge is 0.398 e. The normalized spacial score (nSPS) is 11.9. The number of nitrogens with two attached hydrogens (primary N) is 2. The summed E-state index contributed by atoms with van der Waals surface area (Å²) in [5, 5.41) is 30.1. The van der Waals surface area contributed by atoms with E-state index in [0.29, 0.717) is 22.7 Å². The molecule has 8 nitrogen and oxygen atoms in total. The Balaban J connectivity index is 1.12. The molecule has 0 radical (unpaired) electrons. The Morgan fingerprint density at radius 3 is 0.950 bits per heavy atom. The van der Waals surface area contributed by atoms with E-state index in [4.69, 9.17) is 11.5 Å². The zero-order valence-electron chi connectivity index (χ0n) is 21.4. The van der Waals surface area contributed by atoms with Crippen molar-refractivity contribution >= 4 is 67.0 Å². The van der Waals surface area contributed by atoms with Gasteiger partial charge in [-0.25, -0.2) is 0 Å². The Morgan fingerprint density at radius 1 is 0.300 bits per heavy atom. The van der Waals surface area contributed by atoms with Gasteiger partial charge in [0.15, 0.2) is 0 Å². The SMILES string of the molecule is Nc1ccc(/N=N/c2ccc(/N=N/c3ccc(/N=N/c4ccc(N)c5ccccc45)cc3)cc2)c2ccccc12. The predicted molar refractivity (Wildman–Crippen MR) is 162 cm³/mol. The first kappa shape index (κ1) is 24.6. The molecule has 0 amide bonds. The molecule has 0 fully saturated rings. The maximum atomic E-state index is 6.08. The van der Waals surface area contributed by atoms with Crippen LogP contribution in [-0.4, -0.2) is 0 Å². The van der Waals surface area contributed by atoms with Crippen molar-refractivity contribution in [1.82, 2.24) is 0 Å². The van der Waals surface area contributed by atoms with E-state index in [9.17, 15) is 0 Å². The molecule has 0 aliphatic heterocycles. The van der Waals surface area contributed by atoms with Gasteiger partial charge in [0.25, 0.3) is 0 Å². The second kappa shape index (κ2) is 10.9. The van der Waals surface area contributed by atoms with Gasteiger partial charge >= 0.3 is 0 Å². The van der Waals surface area contributed by atoms with Crippen LogP contribution in [-0.2, 0) is 0 Å². The first-order chi connectivity index (χ1) is 19.6. The molecule has 0 saturated heterocycles. The maximum absolute atomic E-state index is 6.08. The van der Waals surface area contributed by atoms with Crippen LogP contribution in [0.3, 0.4) is 0 Å². The van der Waals surface area contributed by atoms with Crippen molar-refractivity contribution in [3.63, 3.8) is 0 Å². The van der Waals surface area contributed by atoms with E-state index in [2.05, 4.69) is 30.7 Å². The van der Waals surface area contributed by atoms with Crippen molar-refractivity contribution in [3.8, 4) is 0 Å². The number of anilines is 2. The fourth-order valence-electron chi connectivity index (χ4n) is 4.30. The fraction of sp³-hybridized carbons (Fsp3) is 0. The molecule has 0 aliphatic carbocycles. The van der Waals surface area contributed by atoms with Gasteiger partial charge in [-0.2, -0.15) is 20.5 Å². The van der Waals surface area contributed by atoms with E-state index in [-0.39, 0.29) is 0 Å². The van der Waals surface area contributed by atoms with Gasteiger partial charge in [-0.3, -0.25) is 0 Å². The molecule has 0 aromatic heterocycles. The summed E-state index contributed by atoms with van der Waals surface area (Å²) in [6.07, 6.45) is 0. The molecular weight excluding hydrogens is 496 g/mol. The quantitative estimate of drug-likeness (QED) is 0.167. The van der Waals surface area contributed by atoms with Crippen LogP contribution < -0.4 is 11.5 Å². The number of hydrogen-bond donors (Lipinski definition) is 2. The summed E-state index contributed by atoms with van der Waals surface area (Å²) in [6, 6.07) is 38.0. The van der Waals surface area contributed by atoms with Crippen molar-refractivity contribution in [2.45, 2.75) is 0 Å². The molecule has 6 aromatic rings. The number of nitrogen functional groups attached to an aromatic ring is 2. The lowest BCUT2D eigenvalue weighted by molar-refractivity contribution is 1.21. The first-order valence-electron chi connectivity index (χ1n) is 12.6. The topological polar surface area (TPSA) is 126 Å². The van der Waals surface area contributed by atoms with Gasteiger partial charge in [0.2, 0.25) is 0 Å². The molecule has 0 unspecified atom stereocenters. The monoisotopic (exact) mass is 520 g/mol. The third-order valence-electron chi connectivity index (χ3n) is 6.40. The molecule has 40 heavy (non-hydrogen) atoms. The predicted octanol–water partition coefficient (Wildman–Crippen LogP) is 10.4. The number of benzene rings is 6. The molecule has 4 N–H and O–H groups in total. The highest BCUT2D eigenvalue weighted by Crippen LogP contribution is 2.33. The highest BCUT2D eigenvalue weighted by molar-refractivity contribution is 6.00. The summed E-state index contributed by atoms with van der Waals surface area (Å²) in [5.74, 6) is 0. The third-order valence-corrected chi connectivity index (χ3v) is 6.40. The first-order valence-corrected chi connectivity index (χ1v) is 12.6. The average Bonchev–Trinajstić information content (AvgIpc) is 3.01. The van der Waals surface area contributed by atoms with Gasteiger partial charge in [0, 0.05) is 32.9 Å². The number of azo groups is 3. The Labute approximate surface area is 230 Å². The molecule has 0 atom stereocenters. The van der Waals surface area contributed by atoms with Crippen molar-refractivity contribution in [2.24, 2.45) is 30.7 Å². The minimum Gasteiger partial charge on any atom is -0.398 e. The molecule has 0 heterocycles. The molecular formula is C32H24N8. The van der Waals surface area contributed by atoms with Crippen molar-refractivity contribution < 1.29 is 0 Å². The zero-order chi connectivity index (χ0) is 27.3. The number of hydrogen-bond acceptors (Lipinski definition) is 8. The zero-order valence-corrected chi connectivity index (χ0v) is 21.4. The number of nitrogens with zero attached hydrogens (tertiary/aromatic N) is 6. The minimum absolute atomic E-state index is 0.705. The summed E-state index contributed by atoms with van der Waals surface area (Å²) >= 11 is 0. The van der Waals surface area contributed by atoms with E-state index in [0.717, 1.165) is 44.3 Å². The lowest BCUT2D eigenvalue weighted by atomic mass is 10.1. The van der Waals surface area contributed by atoms with E-state index in [1.807, 2.05) is 121 Å². The highest BCUT2D eigenvalue weighted by Gasteiger charge is 2.04. The molecule has 6 aromatic carbocycles. The summed E-state index contributed by atoms with van der Waals surface area (Å²) in [5.41, 5.74) is 18.0. The fourth-order valence-corrected chi connectivity index (χ4v) is 4.30. The molecule has 0 spiro atoms. The standard InChI is InChI=1S/C32H24N8/c33-29-17-19-31(27-7-3-1-5-25(27)29)39-37-23-13-9-21(10-14-23)35-36-22-11-15-24(16-12-22)38-40-32-20-18-30(34)26-6-2-4-8-28(26)32/h1-20H,33-34H2/b36-35+,39-37+,40-38+. The van der Waals surface area contributed by atoms with Crippen LogP contribution in [0.2, 0.25) is 0 Å². The van der Waals surface area contributed by atoms with Gasteiger partial charge in [0.1, 0.15) is 0 Å². The summed E-state index contributed by atoms with van der Waals surface area (Å²) in [4.78, 5) is 0. The van der Waals surface area contributed by atoms with E-state index in [1.165, 1.54) is 0 Å². The number of rotatable bonds is 6. The van der Waals surface area contributed by atoms with Crippen molar-refractivity contribution in [2.75, 3.05) is 11.5 Å². The Bertz CT molecular complexity index is 1770.